The predicted octanol–water partition coefficient (Wildman–Crippen LogP) is 3.94. The van der Waals surface area contributed by atoms with Crippen molar-refractivity contribution in [3.8, 4) is 0 Å². The maximum atomic E-state index is 5.74. The lowest BCUT2D eigenvalue weighted by Crippen LogP contribution is -2.29. The second-order valence-corrected chi connectivity index (χ2v) is 6.74. The molecule has 0 amide bonds. The van der Waals surface area contributed by atoms with Gasteiger partial charge in [0.2, 0.25) is 0 Å². The zero-order chi connectivity index (χ0) is 15.6. The van der Waals surface area contributed by atoms with E-state index in [9.17, 15) is 0 Å². The quantitative estimate of drug-likeness (QED) is 0.661. The van der Waals surface area contributed by atoms with Crippen molar-refractivity contribution >= 4 is 0 Å². The Labute approximate surface area is 127 Å². The number of nitrogens with one attached hydrogen (secondary N) is 1. The highest BCUT2D eigenvalue weighted by molar-refractivity contribution is 5.30. The number of hydrogen-bond donors (Lipinski definition) is 2. The first-order valence-corrected chi connectivity index (χ1v) is 7.43. The van der Waals surface area contributed by atoms with Crippen molar-refractivity contribution in [2.24, 2.45) is 5.84 Å². The molecule has 3 nitrogen and oxygen atoms in total. The van der Waals surface area contributed by atoms with Gasteiger partial charge in [-0.3, -0.25) is 11.3 Å². The summed E-state index contributed by atoms with van der Waals surface area (Å²) in [5.41, 5.74) is 6.84. The second kappa shape index (κ2) is 6.04. The molecule has 0 radical (unpaired) electrons. The fraction of sp³-hybridized carbons (Fsp3) is 0.444. The van der Waals surface area contributed by atoms with E-state index in [4.69, 9.17) is 10.3 Å². The van der Waals surface area contributed by atoms with Crippen LogP contribution >= 0.6 is 0 Å². The summed E-state index contributed by atoms with van der Waals surface area (Å²) in [5.74, 6) is 7.59. The molecule has 0 saturated heterocycles. The van der Waals surface area contributed by atoms with Gasteiger partial charge in [-0.15, -0.1) is 0 Å². The van der Waals surface area contributed by atoms with E-state index >= 15 is 0 Å². The smallest absolute Gasteiger partial charge is 0.105 e. The van der Waals surface area contributed by atoms with E-state index in [0.29, 0.717) is 0 Å². The molecule has 1 aromatic carbocycles. The van der Waals surface area contributed by atoms with Gasteiger partial charge in [0.1, 0.15) is 11.5 Å². The van der Waals surface area contributed by atoms with Crippen molar-refractivity contribution in [2.75, 3.05) is 0 Å². The molecule has 0 aliphatic rings. The third-order valence-corrected chi connectivity index (χ3v) is 3.92. The van der Waals surface area contributed by atoms with Gasteiger partial charge in [-0.25, -0.2) is 0 Å². The van der Waals surface area contributed by atoms with E-state index in [1.165, 1.54) is 11.1 Å². The molecule has 0 bridgehead atoms. The molecule has 0 saturated carbocycles. The third-order valence-electron chi connectivity index (χ3n) is 3.92. The molecule has 2 rings (SSSR count). The summed E-state index contributed by atoms with van der Waals surface area (Å²) in [6, 6.07) is 10.9. The summed E-state index contributed by atoms with van der Waals surface area (Å²) in [4.78, 5) is 0. The molecule has 3 N–H and O–H groups in total. The van der Waals surface area contributed by atoms with Crippen molar-refractivity contribution < 1.29 is 4.42 Å². The SMILES string of the molecule is Cc1cc(C(Cc2ccc(C(C)(C)C)cc2)NN)c(C)o1. The Hall–Kier alpha value is -1.58. The summed E-state index contributed by atoms with van der Waals surface area (Å²) in [6.45, 7) is 10.6. The van der Waals surface area contributed by atoms with E-state index in [2.05, 4.69) is 56.5 Å². The maximum absolute atomic E-state index is 5.74. The summed E-state index contributed by atoms with van der Waals surface area (Å²) in [5, 5.41) is 0. The highest BCUT2D eigenvalue weighted by Gasteiger charge is 2.17. The summed E-state index contributed by atoms with van der Waals surface area (Å²) < 4.78 is 5.60. The Morgan fingerprint density at radius 1 is 1.14 bits per heavy atom. The highest BCUT2D eigenvalue weighted by Crippen LogP contribution is 2.26. The molecule has 0 spiro atoms. The fourth-order valence-electron chi connectivity index (χ4n) is 2.63. The van der Waals surface area contributed by atoms with Crippen molar-refractivity contribution in [2.45, 2.75) is 52.5 Å². The Kier molecular flexibility index (Phi) is 4.55. The minimum absolute atomic E-state index is 0.0722. The van der Waals surface area contributed by atoms with Crippen LogP contribution in [0.5, 0.6) is 0 Å². The van der Waals surface area contributed by atoms with Gasteiger partial charge < -0.3 is 4.42 Å². The maximum Gasteiger partial charge on any atom is 0.105 e. The molecule has 0 fully saturated rings. The Morgan fingerprint density at radius 3 is 2.19 bits per heavy atom. The van der Waals surface area contributed by atoms with Gasteiger partial charge in [0, 0.05) is 5.56 Å². The number of benzene rings is 1. The lowest BCUT2D eigenvalue weighted by atomic mass is 9.86. The Morgan fingerprint density at radius 2 is 1.76 bits per heavy atom. The molecule has 2 aromatic rings. The van der Waals surface area contributed by atoms with Gasteiger partial charge in [-0.05, 0) is 42.9 Å². The topological polar surface area (TPSA) is 51.2 Å². The number of rotatable bonds is 4. The minimum Gasteiger partial charge on any atom is -0.466 e. The predicted molar refractivity (Wildman–Crippen MR) is 87.1 cm³/mol. The molecule has 1 unspecified atom stereocenters. The Bertz CT molecular complexity index is 591. The van der Waals surface area contributed by atoms with E-state index in [0.717, 1.165) is 23.5 Å². The number of furan rings is 1. The third kappa shape index (κ3) is 3.74. The first kappa shape index (κ1) is 15.8. The molecule has 0 aliphatic carbocycles. The van der Waals surface area contributed by atoms with E-state index in [1.807, 2.05) is 13.8 Å². The number of hydrazine groups is 1. The van der Waals surface area contributed by atoms with E-state index in [-0.39, 0.29) is 11.5 Å². The van der Waals surface area contributed by atoms with Crippen molar-refractivity contribution in [1.82, 2.24) is 5.43 Å². The van der Waals surface area contributed by atoms with Gasteiger partial charge in [0.05, 0.1) is 6.04 Å². The molecular weight excluding hydrogens is 260 g/mol. The Balaban J connectivity index is 2.17. The molecule has 114 valence electrons. The molecule has 3 heteroatoms. The monoisotopic (exact) mass is 286 g/mol. The highest BCUT2D eigenvalue weighted by atomic mass is 16.3. The zero-order valence-electron chi connectivity index (χ0n) is 13.7. The van der Waals surface area contributed by atoms with Crippen molar-refractivity contribution in [3.05, 3.63) is 58.5 Å². The standard InChI is InChI=1S/C18H26N2O/c1-12-10-16(13(2)21-12)17(20-19)11-14-6-8-15(9-7-14)18(3,4)5/h6-10,17,20H,11,19H2,1-5H3. The summed E-state index contributed by atoms with van der Waals surface area (Å²) in [7, 11) is 0. The van der Waals surface area contributed by atoms with Gasteiger partial charge in [-0.2, -0.15) is 0 Å². The average molecular weight is 286 g/mol. The molecule has 0 aliphatic heterocycles. The molecule has 1 atom stereocenters. The largest absolute Gasteiger partial charge is 0.466 e. The van der Waals surface area contributed by atoms with Crippen LogP contribution in [0.2, 0.25) is 0 Å². The first-order chi connectivity index (χ1) is 9.81. The molecule has 1 heterocycles. The number of hydrogen-bond acceptors (Lipinski definition) is 3. The van der Waals surface area contributed by atoms with E-state index < -0.39 is 0 Å². The van der Waals surface area contributed by atoms with Crippen LogP contribution in [0.3, 0.4) is 0 Å². The summed E-state index contributed by atoms with van der Waals surface area (Å²) >= 11 is 0. The van der Waals surface area contributed by atoms with Gasteiger partial charge in [0.15, 0.2) is 0 Å². The van der Waals surface area contributed by atoms with Gasteiger partial charge in [-0.1, -0.05) is 45.0 Å². The van der Waals surface area contributed by atoms with Crippen LogP contribution in [0, 0.1) is 13.8 Å². The lowest BCUT2D eigenvalue weighted by Gasteiger charge is -2.20. The minimum atomic E-state index is 0.0722. The number of aryl methyl sites for hydroxylation is 2. The van der Waals surface area contributed by atoms with Crippen LogP contribution in [0.4, 0.5) is 0 Å². The second-order valence-electron chi connectivity index (χ2n) is 6.74. The van der Waals surface area contributed by atoms with Gasteiger partial charge in [0.25, 0.3) is 0 Å². The summed E-state index contributed by atoms with van der Waals surface area (Å²) in [6.07, 6.45) is 0.848. The van der Waals surface area contributed by atoms with Crippen LogP contribution in [-0.4, -0.2) is 0 Å². The van der Waals surface area contributed by atoms with Crippen LogP contribution in [0.15, 0.2) is 34.7 Å². The number of nitrogens with two attached hydrogens (primary N) is 1. The van der Waals surface area contributed by atoms with E-state index in [1.54, 1.807) is 0 Å². The van der Waals surface area contributed by atoms with Crippen LogP contribution < -0.4 is 11.3 Å². The first-order valence-electron chi connectivity index (χ1n) is 7.43. The van der Waals surface area contributed by atoms with Gasteiger partial charge >= 0.3 is 0 Å². The van der Waals surface area contributed by atoms with Crippen LogP contribution in [0.1, 0.15) is 55.0 Å². The van der Waals surface area contributed by atoms with Crippen molar-refractivity contribution in [3.63, 3.8) is 0 Å². The van der Waals surface area contributed by atoms with Crippen LogP contribution in [-0.2, 0) is 11.8 Å². The zero-order valence-corrected chi connectivity index (χ0v) is 13.7. The molecule has 1 aromatic heterocycles. The normalized spacial score (nSPS) is 13.4. The fourth-order valence-corrected chi connectivity index (χ4v) is 2.63. The van der Waals surface area contributed by atoms with Crippen LogP contribution in [0.25, 0.3) is 0 Å². The van der Waals surface area contributed by atoms with Crippen molar-refractivity contribution in [1.29, 1.82) is 0 Å². The molecular formula is C18H26N2O. The molecule has 21 heavy (non-hydrogen) atoms. The average Bonchev–Trinajstić information content (AvgIpc) is 2.74. The lowest BCUT2D eigenvalue weighted by molar-refractivity contribution is 0.484.